The molecule has 94 valence electrons. The Morgan fingerprint density at radius 2 is 1.65 bits per heavy atom. The van der Waals surface area contributed by atoms with Crippen LogP contribution in [0.4, 0.5) is 0 Å². The van der Waals surface area contributed by atoms with Crippen molar-refractivity contribution in [3.05, 3.63) is 34.4 Å². The second-order valence-electron chi connectivity index (χ2n) is 4.17. The molecule has 0 radical (unpaired) electrons. The first-order valence-corrected chi connectivity index (χ1v) is 12.1. The molecule has 0 atom stereocenters. The number of unbranched alkanes of at least 4 members (excludes halogenated alkanes) is 2. The lowest BCUT2D eigenvalue weighted by atomic mass is 9.97. The minimum atomic E-state index is 0.842. The molecule has 1 aromatic carbocycles. The highest BCUT2D eigenvalue weighted by Gasteiger charge is 2.03. The summed E-state index contributed by atoms with van der Waals surface area (Å²) in [6.45, 7) is 6.26. The van der Waals surface area contributed by atoms with Gasteiger partial charge in [0.15, 0.2) is 0 Å². The van der Waals surface area contributed by atoms with Crippen LogP contribution in [-0.2, 0) is 6.42 Å². The molecule has 0 saturated heterocycles. The smallest absolute Gasteiger partial charge is 0.0997 e. The predicted octanol–water partition coefficient (Wildman–Crippen LogP) is 5.68. The monoisotopic (exact) mass is 455 g/mol. The van der Waals surface area contributed by atoms with Crippen molar-refractivity contribution >= 4 is 37.2 Å². The summed E-state index contributed by atoms with van der Waals surface area (Å²) in [5.74, 6) is 0. The van der Waals surface area contributed by atoms with E-state index in [9.17, 15) is 0 Å². The summed E-state index contributed by atoms with van der Waals surface area (Å²) in [5.41, 5.74) is 4.44. The molecule has 0 aliphatic rings. The second-order valence-corrected chi connectivity index (χ2v) is 4.17. The van der Waals surface area contributed by atoms with Crippen LogP contribution in [0.2, 0.25) is 0 Å². The SMILES string of the molecule is CCCCCc1cc(C)c(C#N)c(C)c1.II. The zero-order valence-electron chi connectivity index (χ0n) is 10.7. The standard InChI is InChI=1S/C14H19N.I2/c1-4-5-6-7-13-8-11(2)14(10-15)12(3)9-13;1-2/h8-9H,4-7H2,1-3H3;. The van der Waals surface area contributed by atoms with Crippen molar-refractivity contribution in [2.75, 3.05) is 0 Å². The van der Waals surface area contributed by atoms with Crippen molar-refractivity contribution in [2.45, 2.75) is 46.5 Å². The Morgan fingerprint density at radius 3 is 2.06 bits per heavy atom. The van der Waals surface area contributed by atoms with Crippen molar-refractivity contribution in [1.82, 2.24) is 0 Å². The second kappa shape index (κ2) is 10.1. The van der Waals surface area contributed by atoms with Gasteiger partial charge in [-0.05, 0) is 43.4 Å². The first kappa shape index (κ1) is 17.2. The van der Waals surface area contributed by atoms with E-state index in [0.717, 1.165) is 23.1 Å². The minimum absolute atomic E-state index is 0.842. The van der Waals surface area contributed by atoms with Gasteiger partial charge in [-0.3, -0.25) is 0 Å². The summed E-state index contributed by atoms with van der Waals surface area (Å²) in [6, 6.07) is 6.57. The van der Waals surface area contributed by atoms with Gasteiger partial charge in [-0.15, -0.1) is 0 Å². The van der Waals surface area contributed by atoms with Crippen LogP contribution in [0.5, 0.6) is 0 Å². The topological polar surface area (TPSA) is 23.8 Å². The number of aryl methyl sites for hydroxylation is 3. The molecule has 17 heavy (non-hydrogen) atoms. The minimum Gasteiger partial charge on any atom is -0.192 e. The summed E-state index contributed by atoms with van der Waals surface area (Å²) in [4.78, 5) is 0. The molecular formula is C14H19I2N. The van der Waals surface area contributed by atoms with Crippen molar-refractivity contribution in [3.63, 3.8) is 0 Å². The summed E-state index contributed by atoms with van der Waals surface area (Å²) < 4.78 is 0. The number of hydrogen-bond acceptors (Lipinski definition) is 1. The molecule has 0 saturated carbocycles. The Morgan fingerprint density at radius 1 is 1.12 bits per heavy atom. The zero-order valence-corrected chi connectivity index (χ0v) is 15.0. The lowest BCUT2D eigenvalue weighted by Crippen LogP contribution is -1.93. The molecule has 1 aromatic rings. The Balaban J connectivity index is 0.00000121. The molecule has 0 aliphatic heterocycles. The Kier molecular flexibility index (Phi) is 10.2. The van der Waals surface area contributed by atoms with Crippen LogP contribution >= 0.6 is 37.2 Å². The van der Waals surface area contributed by atoms with E-state index in [4.69, 9.17) is 5.26 Å². The molecule has 1 nitrogen and oxygen atoms in total. The average Bonchev–Trinajstić information content (AvgIpc) is 2.32. The molecule has 1 rings (SSSR count). The molecule has 0 amide bonds. The largest absolute Gasteiger partial charge is 0.192 e. The van der Waals surface area contributed by atoms with Crippen LogP contribution in [0.1, 0.15) is 48.4 Å². The molecule has 3 heteroatoms. The van der Waals surface area contributed by atoms with Gasteiger partial charge in [0.25, 0.3) is 0 Å². The van der Waals surface area contributed by atoms with Crippen LogP contribution in [0, 0.1) is 25.2 Å². The fourth-order valence-corrected chi connectivity index (χ4v) is 1.95. The summed E-state index contributed by atoms with van der Waals surface area (Å²) in [7, 11) is 0. The molecule has 0 fully saturated rings. The van der Waals surface area contributed by atoms with E-state index in [-0.39, 0.29) is 0 Å². The van der Waals surface area contributed by atoms with Gasteiger partial charge in [0.05, 0.1) is 11.6 Å². The maximum atomic E-state index is 8.95. The van der Waals surface area contributed by atoms with Crippen molar-refractivity contribution in [2.24, 2.45) is 0 Å². The third-order valence-corrected chi connectivity index (χ3v) is 2.77. The van der Waals surface area contributed by atoms with Gasteiger partial charge >= 0.3 is 0 Å². The average molecular weight is 455 g/mol. The van der Waals surface area contributed by atoms with Crippen LogP contribution in [0.3, 0.4) is 0 Å². The normalized spacial score (nSPS) is 9.18. The Bertz CT molecular complexity index is 357. The Hall–Kier alpha value is 0.170. The number of rotatable bonds is 4. The number of nitriles is 1. The van der Waals surface area contributed by atoms with Crippen molar-refractivity contribution in [1.29, 1.82) is 5.26 Å². The molecule has 0 bridgehead atoms. The molecule has 0 unspecified atom stereocenters. The highest BCUT2D eigenvalue weighted by molar-refractivity contribution is 15.0. The van der Waals surface area contributed by atoms with Gasteiger partial charge in [0.2, 0.25) is 0 Å². The quantitative estimate of drug-likeness (QED) is 0.424. The van der Waals surface area contributed by atoms with Gasteiger partial charge in [-0.1, -0.05) is 31.9 Å². The van der Waals surface area contributed by atoms with E-state index >= 15 is 0 Å². The van der Waals surface area contributed by atoms with E-state index in [1.165, 1.54) is 24.8 Å². The van der Waals surface area contributed by atoms with Gasteiger partial charge in [-0.2, -0.15) is 5.26 Å². The molecule has 0 N–H and O–H groups in total. The number of benzene rings is 1. The summed E-state index contributed by atoms with van der Waals surface area (Å²) in [6.07, 6.45) is 4.94. The number of nitrogens with zero attached hydrogens (tertiary/aromatic N) is 1. The van der Waals surface area contributed by atoms with E-state index in [2.05, 4.69) is 62.4 Å². The van der Waals surface area contributed by atoms with E-state index in [1.54, 1.807) is 0 Å². The molecule has 0 aliphatic carbocycles. The molecule has 0 heterocycles. The van der Waals surface area contributed by atoms with Crippen molar-refractivity contribution in [3.8, 4) is 6.07 Å². The van der Waals surface area contributed by atoms with Crippen LogP contribution < -0.4 is 0 Å². The summed E-state index contributed by atoms with van der Waals surface area (Å²) in [5, 5.41) is 8.95. The highest BCUT2D eigenvalue weighted by Crippen LogP contribution is 2.17. The molecule has 0 spiro atoms. The Labute approximate surface area is 128 Å². The van der Waals surface area contributed by atoms with Crippen molar-refractivity contribution < 1.29 is 0 Å². The fraction of sp³-hybridized carbons (Fsp3) is 0.500. The fourth-order valence-electron chi connectivity index (χ4n) is 1.95. The predicted molar refractivity (Wildman–Crippen MR) is 91.9 cm³/mol. The maximum Gasteiger partial charge on any atom is 0.0997 e. The number of halogens is 2. The first-order valence-electron chi connectivity index (χ1n) is 5.83. The third-order valence-electron chi connectivity index (χ3n) is 2.77. The van der Waals surface area contributed by atoms with Gasteiger partial charge in [-0.25, -0.2) is 0 Å². The first-order chi connectivity index (χ1) is 8.19. The van der Waals surface area contributed by atoms with E-state index in [1.807, 2.05) is 13.8 Å². The third kappa shape index (κ3) is 6.05. The van der Waals surface area contributed by atoms with Crippen LogP contribution in [0.15, 0.2) is 12.1 Å². The lowest BCUT2D eigenvalue weighted by molar-refractivity contribution is 0.717. The molecule has 0 aromatic heterocycles. The molecular weight excluding hydrogens is 436 g/mol. The van der Waals surface area contributed by atoms with Crippen LogP contribution in [-0.4, -0.2) is 0 Å². The van der Waals surface area contributed by atoms with E-state index < -0.39 is 0 Å². The van der Waals surface area contributed by atoms with Gasteiger partial charge in [0, 0.05) is 37.2 Å². The maximum absolute atomic E-state index is 8.95. The van der Waals surface area contributed by atoms with Crippen LogP contribution in [0.25, 0.3) is 0 Å². The highest BCUT2D eigenvalue weighted by atomic mass is 128. The van der Waals surface area contributed by atoms with Gasteiger partial charge < -0.3 is 0 Å². The van der Waals surface area contributed by atoms with Gasteiger partial charge in [0.1, 0.15) is 0 Å². The lowest BCUT2D eigenvalue weighted by Gasteiger charge is -2.07. The van der Waals surface area contributed by atoms with E-state index in [0.29, 0.717) is 0 Å². The zero-order chi connectivity index (χ0) is 13.3. The number of hydrogen-bond donors (Lipinski definition) is 0. The summed E-state index contributed by atoms with van der Waals surface area (Å²) >= 11 is 4.24.